The summed E-state index contributed by atoms with van der Waals surface area (Å²) >= 11 is 0. The van der Waals surface area contributed by atoms with Crippen LogP contribution in [-0.2, 0) is 11.3 Å². The van der Waals surface area contributed by atoms with Gasteiger partial charge in [0, 0.05) is 31.9 Å². The van der Waals surface area contributed by atoms with Crippen LogP contribution in [0.15, 0.2) is 53.5 Å². The van der Waals surface area contributed by atoms with E-state index in [1.807, 2.05) is 45.0 Å². The first-order valence-electron chi connectivity index (χ1n) is 11.4. The minimum Gasteiger partial charge on any atom is -0.491 e. The quantitative estimate of drug-likeness (QED) is 0.411. The smallest absolute Gasteiger partial charge is 0.191 e. The second-order valence-electron chi connectivity index (χ2n) is 8.10. The van der Waals surface area contributed by atoms with Gasteiger partial charge in [0.25, 0.3) is 0 Å². The number of aliphatic imine (C=N–C) groups is 1. The van der Waals surface area contributed by atoms with Crippen molar-refractivity contribution in [3.63, 3.8) is 0 Å². The molecule has 2 aromatic carbocycles. The predicted octanol–water partition coefficient (Wildman–Crippen LogP) is 3.10. The molecule has 1 aliphatic rings. The number of rotatable bonds is 9. The molecule has 0 bridgehead atoms. The molecule has 1 fully saturated rings. The predicted molar refractivity (Wildman–Crippen MR) is 129 cm³/mol. The SMILES string of the molecule is CCNC(=NCc1ccc(N2CCOCC2)cc1)NCC(O)c1cccc(OC(C)C)c1. The molecule has 0 aromatic heterocycles. The molecular weight excluding hydrogens is 404 g/mol. The highest BCUT2D eigenvalue weighted by Gasteiger charge is 2.12. The van der Waals surface area contributed by atoms with E-state index in [4.69, 9.17) is 9.47 Å². The molecule has 1 atom stereocenters. The van der Waals surface area contributed by atoms with Crippen molar-refractivity contribution in [1.29, 1.82) is 0 Å². The van der Waals surface area contributed by atoms with Crippen molar-refractivity contribution in [2.45, 2.75) is 39.5 Å². The molecule has 1 aliphatic heterocycles. The molecule has 0 aliphatic carbocycles. The molecule has 0 saturated carbocycles. The third-order valence-electron chi connectivity index (χ3n) is 5.15. The number of morpholine rings is 1. The second kappa shape index (κ2) is 12.3. The van der Waals surface area contributed by atoms with Gasteiger partial charge in [-0.05, 0) is 56.2 Å². The zero-order valence-electron chi connectivity index (χ0n) is 19.4. The van der Waals surface area contributed by atoms with Gasteiger partial charge in [0.15, 0.2) is 5.96 Å². The highest BCUT2D eigenvalue weighted by Crippen LogP contribution is 2.20. The van der Waals surface area contributed by atoms with Gasteiger partial charge in [-0.2, -0.15) is 0 Å². The summed E-state index contributed by atoms with van der Waals surface area (Å²) in [6.45, 7) is 11.1. The number of benzene rings is 2. The Hall–Kier alpha value is -2.77. The number of nitrogens with zero attached hydrogens (tertiary/aromatic N) is 2. The zero-order valence-corrected chi connectivity index (χ0v) is 19.4. The van der Waals surface area contributed by atoms with E-state index in [9.17, 15) is 5.11 Å². The third kappa shape index (κ3) is 7.43. The largest absolute Gasteiger partial charge is 0.491 e. The van der Waals surface area contributed by atoms with E-state index < -0.39 is 6.10 Å². The number of ether oxygens (including phenoxy) is 2. The summed E-state index contributed by atoms with van der Waals surface area (Å²) in [7, 11) is 0. The first-order chi connectivity index (χ1) is 15.5. The standard InChI is InChI=1S/C25H36N4O3/c1-4-26-25(28-18-24(30)21-6-5-7-23(16-21)32-19(2)3)27-17-20-8-10-22(11-9-20)29-12-14-31-15-13-29/h5-11,16,19,24,30H,4,12-15,17-18H2,1-3H3,(H2,26,27,28). The lowest BCUT2D eigenvalue weighted by Crippen LogP contribution is -2.39. The summed E-state index contributed by atoms with van der Waals surface area (Å²) < 4.78 is 11.2. The summed E-state index contributed by atoms with van der Waals surface area (Å²) in [6, 6.07) is 16.1. The molecule has 7 heteroatoms. The lowest BCUT2D eigenvalue weighted by atomic mass is 10.1. The highest BCUT2D eigenvalue weighted by atomic mass is 16.5. The number of hydrogen-bond acceptors (Lipinski definition) is 5. The van der Waals surface area contributed by atoms with E-state index in [-0.39, 0.29) is 6.10 Å². The van der Waals surface area contributed by atoms with Crippen molar-refractivity contribution in [2.75, 3.05) is 44.3 Å². The molecule has 174 valence electrons. The minimum atomic E-state index is -0.664. The first-order valence-corrected chi connectivity index (χ1v) is 11.4. The average molecular weight is 441 g/mol. The number of nitrogens with one attached hydrogen (secondary N) is 2. The van der Waals surface area contributed by atoms with Crippen LogP contribution in [0.3, 0.4) is 0 Å². The summed E-state index contributed by atoms with van der Waals surface area (Å²) in [5.41, 5.74) is 3.17. The highest BCUT2D eigenvalue weighted by molar-refractivity contribution is 5.79. The number of aliphatic hydroxyl groups excluding tert-OH is 1. The van der Waals surface area contributed by atoms with Crippen molar-refractivity contribution in [3.05, 3.63) is 59.7 Å². The Labute approximate surface area is 191 Å². The third-order valence-corrected chi connectivity index (χ3v) is 5.15. The monoisotopic (exact) mass is 440 g/mol. The molecule has 2 aromatic rings. The number of hydrogen-bond donors (Lipinski definition) is 3. The summed E-state index contributed by atoms with van der Waals surface area (Å²) in [5.74, 6) is 1.44. The van der Waals surface area contributed by atoms with Crippen LogP contribution in [-0.4, -0.2) is 56.6 Å². The number of anilines is 1. The summed E-state index contributed by atoms with van der Waals surface area (Å²) in [4.78, 5) is 7.01. The molecule has 1 unspecified atom stereocenters. The first kappa shape index (κ1) is 23.9. The van der Waals surface area contributed by atoms with Gasteiger partial charge in [-0.1, -0.05) is 24.3 Å². The lowest BCUT2D eigenvalue weighted by Gasteiger charge is -2.28. The summed E-state index contributed by atoms with van der Waals surface area (Å²) in [6.07, 6.45) is -0.571. The van der Waals surface area contributed by atoms with Crippen molar-refractivity contribution in [3.8, 4) is 5.75 Å². The Bertz CT molecular complexity index is 849. The Morgan fingerprint density at radius 1 is 1.12 bits per heavy atom. The maximum Gasteiger partial charge on any atom is 0.191 e. The number of guanidine groups is 1. The molecule has 0 radical (unpaired) electrons. The maximum atomic E-state index is 10.6. The van der Waals surface area contributed by atoms with E-state index in [0.29, 0.717) is 19.0 Å². The fourth-order valence-electron chi connectivity index (χ4n) is 3.52. The fraction of sp³-hybridized carbons (Fsp3) is 0.480. The van der Waals surface area contributed by atoms with Crippen molar-refractivity contribution in [1.82, 2.24) is 10.6 Å². The van der Waals surface area contributed by atoms with Crippen LogP contribution in [0, 0.1) is 0 Å². The number of aliphatic hydroxyl groups is 1. The van der Waals surface area contributed by atoms with Crippen LogP contribution < -0.4 is 20.3 Å². The Morgan fingerprint density at radius 2 is 1.88 bits per heavy atom. The van der Waals surface area contributed by atoms with Gasteiger partial charge in [0.05, 0.1) is 32.0 Å². The van der Waals surface area contributed by atoms with Crippen LogP contribution in [0.5, 0.6) is 5.75 Å². The van der Waals surface area contributed by atoms with Crippen LogP contribution in [0.4, 0.5) is 5.69 Å². The van der Waals surface area contributed by atoms with Gasteiger partial charge < -0.3 is 30.1 Å². The average Bonchev–Trinajstić information content (AvgIpc) is 2.81. The zero-order chi connectivity index (χ0) is 22.8. The van der Waals surface area contributed by atoms with E-state index in [1.54, 1.807) is 0 Å². The minimum absolute atomic E-state index is 0.0935. The Balaban J connectivity index is 1.55. The van der Waals surface area contributed by atoms with E-state index in [2.05, 4.69) is 44.8 Å². The van der Waals surface area contributed by atoms with Crippen LogP contribution in [0.1, 0.15) is 38.0 Å². The van der Waals surface area contributed by atoms with E-state index in [1.165, 1.54) is 5.69 Å². The van der Waals surface area contributed by atoms with Gasteiger partial charge in [0.1, 0.15) is 5.75 Å². The normalized spacial score (nSPS) is 15.5. The molecule has 1 saturated heterocycles. The van der Waals surface area contributed by atoms with Crippen LogP contribution >= 0.6 is 0 Å². The molecule has 0 spiro atoms. The summed E-state index contributed by atoms with van der Waals surface area (Å²) in [5, 5.41) is 17.1. The van der Waals surface area contributed by atoms with Crippen LogP contribution in [0.25, 0.3) is 0 Å². The lowest BCUT2D eigenvalue weighted by molar-refractivity contribution is 0.122. The molecule has 0 amide bonds. The van der Waals surface area contributed by atoms with Gasteiger partial charge in [-0.3, -0.25) is 0 Å². The van der Waals surface area contributed by atoms with Crippen molar-refractivity contribution < 1.29 is 14.6 Å². The van der Waals surface area contributed by atoms with Crippen molar-refractivity contribution >= 4 is 11.6 Å². The van der Waals surface area contributed by atoms with E-state index >= 15 is 0 Å². The molecular formula is C25H36N4O3. The van der Waals surface area contributed by atoms with Gasteiger partial charge in [-0.15, -0.1) is 0 Å². The van der Waals surface area contributed by atoms with Gasteiger partial charge in [-0.25, -0.2) is 4.99 Å². The van der Waals surface area contributed by atoms with Crippen LogP contribution in [0.2, 0.25) is 0 Å². The topological polar surface area (TPSA) is 78.4 Å². The fourth-order valence-corrected chi connectivity index (χ4v) is 3.52. The van der Waals surface area contributed by atoms with Crippen molar-refractivity contribution in [2.24, 2.45) is 4.99 Å². The van der Waals surface area contributed by atoms with Gasteiger partial charge in [0.2, 0.25) is 0 Å². The molecule has 3 rings (SSSR count). The molecule has 1 heterocycles. The Kier molecular flexibility index (Phi) is 9.19. The molecule has 32 heavy (non-hydrogen) atoms. The Morgan fingerprint density at radius 3 is 2.56 bits per heavy atom. The van der Waals surface area contributed by atoms with Gasteiger partial charge >= 0.3 is 0 Å². The second-order valence-corrected chi connectivity index (χ2v) is 8.10. The molecule has 3 N–H and O–H groups in total. The maximum absolute atomic E-state index is 10.6. The molecule has 7 nitrogen and oxygen atoms in total. The van der Waals surface area contributed by atoms with E-state index in [0.717, 1.165) is 49.7 Å².